The van der Waals surface area contributed by atoms with Crippen LogP contribution in [0.4, 0.5) is 0 Å². The molecule has 94 valence electrons. The van der Waals surface area contributed by atoms with Gasteiger partial charge in [0.1, 0.15) is 0 Å². The van der Waals surface area contributed by atoms with E-state index in [0.717, 1.165) is 18.5 Å². The van der Waals surface area contributed by atoms with E-state index in [1.54, 1.807) is 6.20 Å². The van der Waals surface area contributed by atoms with Crippen LogP contribution in [-0.4, -0.2) is 17.6 Å². The molecule has 3 heteroatoms. The number of aromatic nitrogens is 1. The fraction of sp³-hybridized carbons (Fsp3) is 0.571. The molecule has 3 nitrogen and oxygen atoms in total. The van der Waals surface area contributed by atoms with Gasteiger partial charge in [-0.05, 0) is 37.8 Å². The number of carbonyl (C=O) groups excluding carboxylic acids is 1. The summed E-state index contributed by atoms with van der Waals surface area (Å²) in [5.74, 6) is 0.188. The van der Waals surface area contributed by atoms with Gasteiger partial charge in [0.15, 0.2) is 0 Å². The van der Waals surface area contributed by atoms with Crippen LogP contribution in [0.25, 0.3) is 0 Å². The zero-order valence-corrected chi connectivity index (χ0v) is 10.8. The smallest absolute Gasteiger partial charge is 0.309 e. The largest absolute Gasteiger partial charge is 0.466 e. The van der Waals surface area contributed by atoms with Crippen LogP contribution < -0.4 is 0 Å². The lowest BCUT2D eigenvalue weighted by Gasteiger charge is -2.18. The van der Waals surface area contributed by atoms with Gasteiger partial charge in [0, 0.05) is 11.9 Å². The third-order valence-corrected chi connectivity index (χ3v) is 2.83. The summed E-state index contributed by atoms with van der Waals surface area (Å²) >= 11 is 0. The fourth-order valence-corrected chi connectivity index (χ4v) is 1.82. The number of rotatable bonds is 6. The molecule has 0 saturated carbocycles. The molecule has 0 aliphatic heterocycles. The van der Waals surface area contributed by atoms with Gasteiger partial charge in [0.05, 0.1) is 12.5 Å². The Morgan fingerprint density at radius 2 is 2.18 bits per heavy atom. The van der Waals surface area contributed by atoms with Crippen LogP contribution in [0.3, 0.4) is 0 Å². The molecule has 0 N–H and O–H groups in total. The molecule has 0 aliphatic rings. The van der Waals surface area contributed by atoms with Crippen molar-refractivity contribution in [1.29, 1.82) is 0 Å². The van der Waals surface area contributed by atoms with Gasteiger partial charge in [0.2, 0.25) is 0 Å². The first-order chi connectivity index (χ1) is 8.15. The van der Waals surface area contributed by atoms with E-state index in [-0.39, 0.29) is 11.9 Å². The highest BCUT2D eigenvalue weighted by Crippen LogP contribution is 2.19. The molecule has 0 amide bonds. The minimum absolute atomic E-state index is 0.0306. The van der Waals surface area contributed by atoms with Crippen LogP contribution >= 0.6 is 0 Å². The van der Waals surface area contributed by atoms with E-state index >= 15 is 0 Å². The van der Waals surface area contributed by atoms with Gasteiger partial charge in [-0.2, -0.15) is 0 Å². The first kappa shape index (κ1) is 13.7. The molecule has 1 rings (SSSR count). The third-order valence-electron chi connectivity index (χ3n) is 2.83. The van der Waals surface area contributed by atoms with E-state index in [4.69, 9.17) is 4.74 Å². The molecule has 0 saturated heterocycles. The number of hydrogen-bond acceptors (Lipinski definition) is 3. The quantitative estimate of drug-likeness (QED) is 0.712. The third kappa shape index (κ3) is 4.55. The zero-order chi connectivity index (χ0) is 12.7. The fourth-order valence-electron chi connectivity index (χ4n) is 1.82. The van der Waals surface area contributed by atoms with Crippen LogP contribution in [0.1, 0.15) is 32.9 Å². The van der Waals surface area contributed by atoms with Gasteiger partial charge in [-0.15, -0.1) is 0 Å². The number of carbonyl (C=O) groups is 1. The molecule has 1 unspecified atom stereocenters. The Kier molecular flexibility index (Phi) is 5.67. The molecule has 1 heterocycles. The van der Waals surface area contributed by atoms with Crippen LogP contribution in [0, 0.1) is 11.8 Å². The summed E-state index contributed by atoms with van der Waals surface area (Å²) in [6, 6.07) is 5.86. The van der Waals surface area contributed by atoms with Crippen molar-refractivity contribution in [3.05, 3.63) is 30.1 Å². The SMILES string of the molecule is CCOC(=O)C(CCc1ccccn1)C(C)C. The predicted octanol–water partition coefficient (Wildman–Crippen LogP) is 2.85. The number of ether oxygens (including phenoxy) is 1. The van der Waals surface area contributed by atoms with Crippen molar-refractivity contribution in [3.63, 3.8) is 0 Å². The highest BCUT2D eigenvalue weighted by atomic mass is 16.5. The van der Waals surface area contributed by atoms with Gasteiger partial charge >= 0.3 is 5.97 Å². The number of nitrogens with zero attached hydrogens (tertiary/aromatic N) is 1. The Labute approximate surface area is 103 Å². The van der Waals surface area contributed by atoms with Crippen molar-refractivity contribution in [3.8, 4) is 0 Å². The average molecular weight is 235 g/mol. The monoisotopic (exact) mass is 235 g/mol. The van der Waals surface area contributed by atoms with Crippen molar-refractivity contribution >= 4 is 5.97 Å². The van der Waals surface area contributed by atoms with Crippen molar-refractivity contribution in [2.45, 2.75) is 33.6 Å². The van der Waals surface area contributed by atoms with Gasteiger partial charge in [-0.25, -0.2) is 0 Å². The van der Waals surface area contributed by atoms with Crippen LogP contribution in [0.15, 0.2) is 24.4 Å². The Morgan fingerprint density at radius 3 is 2.71 bits per heavy atom. The van der Waals surface area contributed by atoms with Gasteiger partial charge < -0.3 is 4.74 Å². The molecule has 0 aliphatic carbocycles. The number of hydrogen-bond donors (Lipinski definition) is 0. The van der Waals surface area contributed by atoms with Crippen LogP contribution in [0.2, 0.25) is 0 Å². The molecule has 0 bridgehead atoms. The summed E-state index contributed by atoms with van der Waals surface area (Å²) < 4.78 is 5.09. The van der Waals surface area contributed by atoms with E-state index in [0.29, 0.717) is 12.5 Å². The normalized spacial score (nSPS) is 12.5. The van der Waals surface area contributed by atoms with Crippen LogP contribution in [-0.2, 0) is 16.0 Å². The van der Waals surface area contributed by atoms with E-state index in [1.807, 2.05) is 25.1 Å². The van der Waals surface area contributed by atoms with E-state index in [2.05, 4.69) is 18.8 Å². The topological polar surface area (TPSA) is 39.2 Å². The van der Waals surface area contributed by atoms with Gasteiger partial charge in [-0.3, -0.25) is 9.78 Å². The maximum absolute atomic E-state index is 11.8. The standard InChI is InChI=1S/C14H21NO2/c1-4-17-14(16)13(11(2)3)9-8-12-7-5-6-10-15-12/h5-7,10-11,13H,4,8-9H2,1-3H3. The van der Waals surface area contributed by atoms with Gasteiger partial charge in [0.25, 0.3) is 0 Å². The summed E-state index contributed by atoms with van der Waals surface area (Å²) in [6.45, 7) is 6.40. The molecular weight excluding hydrogens is 214 g/mol. The van der Waals surface area contributed by atoms with E-state index < -0.39 is 0 Å². The summed E-state index contributed by atoms with van der Waals surface area (Å²) in [6.07, 6.45) is 3.40. The molecule has 0 fully saturated rings. The minimum Gasteiger partial charge on any atom is -0.466 e. The lowest BCUT2D eigenvalue weighted by molar-refractivity contribution is -0.149. The van der Waals surface area contributed by atoms with Crippen LogP contribution in [0.5, 0.6) is 0 Å². The number of aryl methyl sites for hydroxylation is 1. The second-order valence-corrected chi connectivity index (χ2v) is 4.46. The maximum Gasteiger partial charge on any atom is 0.309 e. The lowest BCUT2D eigenvalue weighted by atomic mass is 9.90. The Balaban J connectivity index is 2.53. The summed E-state index contributed by atoms with van der Waals surface area (Å²) in [7, 11) is 0. The maximum atomic E-state index is 11.8. The van der Waals surface area contributed by atoms with E-state index in [9.17, 15) is 4.79 Å². The van der Waals surface area contributed by atoms with E-state index in [1.165, 1.54) is 0 Å². The zero-order valence-electron chi connectivity index (χ0n) is 10.8. The Bertz CT molecular complexity index is 335. The van der Waals surface area contributed by atoms with Crippen molar-refractivity contribution < 1.29 is 9.53 Å². The van der Waals surface area contributed by atoms with Crippen molar-refractivity contribution in [1.82, 2.24) is 4.98 Å². The molecule has 0 spiro atoms. The molecule has 1 aromatic heterocycles. The second-order valence-electron chi connectivity index (χ2n) is 4.46. The number of esters is 1. The molecule has 0 aromatic carbocycles. The van der Waals surface area contributed by atoms with Crippen molar-refractivity contribution in [2.24, 2.45) is 11.8 Å². The highest BCUT2D eigenvalue weighted by Gasteiger charge is 2.23. The predicted molar refractivity (Wildman–Crippen MR) is 67.5 cm³/mol. The van der Waals surface area contributed by atoms with Crippen molar-refractivity contribution in [2.75, 3.05) is 6.61 Å². The first-order valence-corrected chi connectivity index (χ1v) is 6.21. The molecule has 1 aromatic rings. The highest BCUT2D eigenvalue weighted by molar-refractivity contribution is 5.72. The second kappa shape index (κ2) is 7.05. The molecule has 1 atom stereocenters. The lowest BCUT2D eigenvalue weighted by Crippen LogP contribution is -2.23. The first-order valence-electron chi connectivity index (χ1n) is 6.21. The van der Waals surface area contributed by atoms with Gasteiger partial charge in [-0.1, -0.05) is 19.9 Å². The Hall–Kier alpha value is -1.38. The summed E-state index contributed by atoms with van der Waals surface area (Å²) in [4.78, 5) is 16.0. The average Bonchev–Trinajstić information content (AvgIpc) is 2.30. The summed E-state index contributed by atoms with van der Waals surface area (Å²) in [5, 5.41) is 0. The Morgan fingerprint density at radius 1 is 1.41 bits per heavy atom. The molecule has 0 radical (unpaired) electrons. The summed E-state index contributed by atoms with van der Waals surface area (Å²) in [5.41, 5.74) is 1.03. The number of pyridine rings is 1. The molecule has 17 heavy (non-hydrogen) atoms. The molecular formula is C14H21NO2. The minimum atomic E-state index is -0.0848.